The zero-order chi connectivity index (χ0) is 14.1. The van der Waals surface area contributed by atoms with Gasteiger partial charge in [-0.15, -0.1) is 11.6 Å². The Hall–Kier alpha value is -2.21. The first kappa shape index (κ1) is 12.8. The first-order valence-electron chi connectivity index (χ1n) is 6.05. The van der Waals surface area contributed by atoms with E-state index in [1.54, 1.807) is 25.1 Å². The van der Waals surface area contributed by atoms with Gasteiger partial charge in [0.1, 0.15) is 5.82 Å². The van der Waals surface area contributed by atoms with Crippen LogP contribution in [0.3, 0.4) is 0 Å². The molecule has 7 heteroatoms. The molecule has 102 valence electrons. The molecule has 0 N–H and O–H groups in total. The Labute approximate surface area is 119 Å². The van der Waals surface area contributed by atoms with Crippen LogP contribution in [0.1, 0.15) is 23.9 Å². The van der Waals surface area contributed by atoms with Gasteiger partial charge in [-0.3, -0.25) is 9.36 Å². The smallest absolute Gasteiger partial charge is 0.261 e. The Balaban J connectivity index is 2.24. The molecule has 0 saturated carbocycles. The van der Waals surface area contributed by atoms with Crippen LogP contribution in [-0.4, -0.2) is 19.7 Å². The molecule has 6 nitrogen and oxygen atoms in total. The third-order valence-electron chi connectivity index (χ3n) is 2.95. The van der Waals surface area contributed by atoms with Gasteiger partial charge in [0.2, 0.25) is 6.39 Å². The van der Waals surface area contributed by atoms with E-state index in [1.165, 1.54) is 11.0 Å². The molecule has 0 aliphatic heterocycles. The molecule has 1 aromatic carbocycles. The molecule has 1 unspecified atom stereocenters. The molecule has 20 heavy (non-hydrogen) atoms. The minimum atomic E-state index is -0.404. The van der Waals surface area contributed by atoms with Gasteiger partial charge in [-0.1, -0.05) is 17.3 Å². The monoisotopic (exact) mass is 290 g/mol. The number of fused-ring (bicyclic) bond motifs is 1. The summed E-state index contributed by atoms with van der Waals surface area (Å²) in [6.45, 7) is 1.95. The first-order valence-corrected chi connectivity index (χ1v) is 6.49. The zero-order valence-electron chi connectivity index (χ0n) is 10.7. The molecule has 1 atom stereocenters. The normalized spacial score (nSPS) is 12.7. The van der Waals surface area contributed by atoms with E-state index in [4.69, 9.17) is 11.6 Å². The van der Waals surface area contributed by atoms with Crippen LogP contribution in [0.25, 0.3) is 10.9 Å². The van der Waals surface area contributed by atoms with E-state index in [1.807, 2.05) is 6.07 Å². The maximum atomic E-state index is 12.6. The van der Waals surface area contributed by atoms with Crippen LogP contribution in [0.4, 0.5) is 0 Å². The Kier molecular flexibility index (Phi) is 3.23. The van der Waals surface area contributed by atoms with E-state index < -0.39 is 5.38 Å². The lowest BCUT2D eigenvalue weighted by Crippen LogP contribution is -2.26. The SMILES string of the molecule is CC(Cl)c1nc2ccccc2c(=O)n1Cc1ncon1. The van der Waals surface area contributed by atoms with E-state index in [-0.39, 0.29) is 12.1 Å². The fourth-order valence-corrected chi connectivity index (χ4v) is 2.21. The van der Waals surface area contributed by atoms with E-state index in [0.717, 1.165) is 0 Å². The van der Waals surface area contributed by atoms with Gasteiger partial charge in [0.15, 0.2) is 5.82 Å². The van der Waals surface area contributed by atoms with Crippen molar-refractivity contribution in [1.29, 1.82) is 0 Å². The highest BCUT2D eigenvalue weighted by molar-refractivity contribution is 6.20. The van der Waals surface area contributed by atoms with Crippen LogP contribution < -0.4 is 5.56 Å². The third-order valence-corrected chi connectivity index (χ3v) is 3.15. The molecule has 3 aromatic rings. The minimum absolute atomic E-state index is 0.164. The van der Waals surface area contributed by atoms with Crippen LogP contribution in [0, 0.1) is 0 Å². The lowest BCUT2D eigenvalue weighted by molar-refractivity contribution is 0.407. The largest absolute Gasteiger partial charge is 0.343 e. The number of hydrogen-bond donors (Lipinski definition) is 0. The Morgan fingerprint density at radius 1 is 1.40 bits per heavy atom. The topological polar surface area (TPSA) is 73.8 Å². The summed E-state index contributed by atoms with van der Waals surface area (Å²) in [7, 11) is 0. The second-order valence-electron chi connectivity index (χ2n) is 4.34. The van der Waals surface area contributed by atoms with Crippen LogP contribution in [0.15, 0.2) is 40.0 Å². The summed E-state index contributed by atoms with van der Waals surface area (Å²) in [5, 5.41) is 3.85. The number of rotatable bonds is 3. The molecule has 0 fully saturated rings. The van der Waals surface area contributed by atoms with Gasteiger partial charge in [0.05, 0.1) is 22.8 Å². The summed E-state index contributed by atoms with van der Waals surface area (Å²) in [4.78, 5) is 20.9. The molecule has 0 amide bonds. The van der Waals surface area contributed by atoms with Crippen LogP contribution in [0.2, 0.25) is 0 Å². The van der Waals surface area contributed by atoms with Gasteiger partial charge in [0.25, 0.3) is 5.56 Å². The average molecular weight is 291 g/mol. The van der Waals surface area contributed by atoms with E-state index in [2.05, 4.69) is 19.6 Å². The van der Waals surface area contributed by atoms with Crippen molar-refractivity contribution >= 4 is 22.5 Å². The van der Waals surface area contributed by atoms with Crippen LogP contribution in [-0.2, 0) is 6.54 Å². The van der Waals surface area contributed by atoms with Crippen molar-refractivity contribution in [3.8, 4) is 0 Å². The van der Waals surface area contributed by atoms with Gasteiger partial charge in [-0.2, -0.15) is 4.98 Å². The summed E-state index contributed by atoms with van der Waals surface area (Å²) in [5.41, 5.74) is 0.465. The van der Waals surface area contributed by atoms with Gasteiger partial charge >= 0.3 is 0 Å². The number of hydrogen-bond acceptors (Lipinski definition) is 5. The van der Waals surface area contributed by atoms with Gasteiger partial charge < -0.3 is 4.52 Å². The molecule has 0 saturated heterocycles. The predicted octanol–water partition coefficient (Wildman–Crippen LogP) is 2.13. The second-order valence-corrected chi connectivity index (χ2v) is 5.00. The standard InChI is InChI=1S/C13H11ClN4O2/c1-8(14)12-16-10-5-3-2-4-9(10)13(19)18(12)6-11-15-7-20-17-11/h2-5,7-8H,6H2,1H3. The summed E-state index contributed by atoms with van der Waals surface area (Å²) in [5.74, 6) is 0.892. The fraction of sp³-hybridized carbons (Fsp3) is 0.231. The Morgan fingerprint density at radius 3 is 2.90 bits per heavy atom. The maximum absolute atomic E-state index is 12.6. The molecule has 3 rings (SSSR count). The maximum Gasteiger partial charge on any atom is 0.261 e. The lowest BCUT2D eigenvalue weighted by atomic mass is 10.2. The second kappa shape index (κ2) is 5.05. The van der Waals surface area contributed by atoms with Gasteiger partial charge in [0, 0.05) is 0 Å². The van der Waals surface area contributed by atoms with Crippen molar-refractivity contribution in [3.05, 3.63) is 52.7 Å². The molecule has 0 aliphatic carbocycles. The van der Waals surface area contributed by atoms with Crippen LogP contribution in [0.5, 0.6) is 0 Å². The number of halogens is 1. The summed E-state index contributed by atoms with van der Waals surface area (Å²) >= 11 is 6.13. The van der Waals surface area contributed by atoms with Crippen molar-refractivity contribution < 1.29 is 4.52 Å². The third kappa shape index (κ3) is 2.18. The van der Waals surface area contributed by atoms with Crippen molar-refractivity contribution in [2.75, 3.05) is 0 Å². The summed E-state index contributed by atoms with van der Waals surface area (Å²) < 4.78 is 6.16. The molecular weight excluding hydrogens is 280 g/mol. The van der Waals surface area contributed by atoms with Crippen LogP contribution >= 0.6 is 11.6 Å². The number of para-hydroxylation sites is 1. The number of benzene rings is 1. The number of nitrogens with zero attached hydrogens (tertiary/aromatic N) is 4. The zero-order valence-corrected chi connectivity index (χ0v) is 11.4. The molecule has 0 bridgehead atoms. The highest BCUT2D eigenvalue weighted by Crippen LogP contribution is 2.19. The molecule has 0 spiro atoms. The lowest BCUT2D eigenvalue weighted by Gasteiger charge is -2.13. The van der Waals surface area contributed by atoms with E-state index in [9.17, 15) is 4.79 Å². The minimum Gasteiger partial charge on any atom is -0.343 e. The molecular formula is C13H11ClN4O2. The quantitative estimate of drug-likeness (QED) is 0.691. The fourth-order valence-electron chi connectivity index (χ4n) is 2.05. The van der Waals surface area contributed by atoms with Gasteiger partial charge in [-0.05, 0) is 19.1 Å². The molecule has 2 aromatic heterocycles. The van der Waals surface area contributed by atoms with E-state index in [0.29, 0.717) is 22.6 Å². The van der Waals surface area contributed by atoms with Crippen molar-refractivity contribution in [3.63, 3.8) is 0 Å². The first-order chi connectivity index (χ1) is 9.66. The molecule has 0 aliphatic rings. The summed E-state index contributed by atoms with van der Waals surface area (Å²) in [6.07, 6.45) is 1.22. The predicted molar refractivity (Wildman–Crippen MR) is 73.7 cm³/mol. The average Bonchev–Trinajstić information content (AvgIpc) is 2.94. The number of alkyl halides is 1. The molecule has 0 radical (unpaired) electrons. The highest BCUT2D eigenvalue weighted by Gasteiger charge is 2.16. The highest BCUT2D eigenvalue weighted by atomic mass is 35.5. The Bertz CT molecular complexity index is 796. The molecule has 2 heterocycles. The summed E-state index contributed by atoms with van der Waals surface area (Å²) in [6, 6.07) is 7.16. The van der Waals surface area contributed by atoms with Crippen molar-refractivity contribution in [2.24, 2.45) is 0 Å². The number of aromatic nitrogens is 4. The van der Waals surface area contributed by atoms with Gasteiger partial charge in [-0.25, -0.2) is 4.98 Å². The van der Waals surface area contributed by atoms with Crippen molar-refractivity contribution in [1.82, 2.24) is 19.7 Å². The van der Waals surface area contributed by atoms with Crippen molar-refractivity contribution in [2.45, 2.75) is 18.8 Å². The van der Waals surface area contributed by atoms with E-state index >= 15 is 0 Å². The Morgan fingerprint density at radius 2 is 2.20 bits per heavy atom.